The first-order chi connectivity index (χ1) is 4.35. The summed E-state index contributed by atoms with van der Waals surface area (Å²) >= 11 is 0. The van der Waals surface area contributed by atoms with Crippen molar-refractivity contribution in [2.45, 2.75) is 25.7 Å². The molecule has 0 aliphatic heterocycles. The summed E-state index contributed by atoms with van der Waals surface area (Å²) in [6.07, 6.45) is 3.58. The van der Waals surface area contributed by atoms with Crippen LogP contribution in [0.4, 0.5) is 0 Å². The topological polar surface area (TPSA) is 23.1 Å². The van der Waals surface area contributed by atoms with Crippen LogP contribution in [0.3, 0.4) is 0 Å². The third-order valence-corrected chi connectivity index (χ3v) is 1.34. The molecule has 0 spiro atoms. The maximum atomic E-state index is 10.3. The van der Waals surface area contributed by atoms with E-state index in [0.29, 0.717) is 6.42 Å². The van der Waals surface area contributed by atoms with Gasteiger partial charge in [-0.2, -0.15) is 0 Å². The van der Waals surface area contributed by atoms with Gasteiger partial charge in [0.25, 0.3) is 0 Å². The molecule has 0 rings (SSSR count). The summed E-state index contributed by atoms with van der Waals surface area (Å²) in [4.78, 5) is 0. The van der Waals surface area contributed by atoms with Crippen LogP contribution in [-0.4, -0.2) is 6.61 Å². The average molecular weight is 126 g/mol. The van der Waals surface area contributed by atoms with Crippen LogP contribution in [0, 0.1) is 19.8 Å². The van der Waals surface area contributed by atoms with Gasteiger partial charge in [-0.05, 0) is 6.42 Å². The molecule has 0 aromatic carbocycles. The lowest BCUT2D eigenvalue weighted by Gasteiger charge is -2.07. The zero-order valence-corrected chi connectivity index (χ0v) is 5.86. The van der Waals surface area contributed by atoms with Crippen molar-refractivity contribution in [2.75, 3.05) is 6.61 Å². The van der Waals surface area contributed by atoms with E-state index in [2.05, 4.69) is 13.8 Å². The minimum atomic E-state index is -0.0521. The van der Waals surface area contributed by atoms with E-state index in [1.807, 2.05) is 0 Å². The van der Waals surface area contributed by atoms with Gasteiger partial charge in [-0.25, -0.2) is 0 Å². The lowest BCUT2D eigenvalue weighted by atomic mass is 10.0. The minimum Gasteiger partial charge on any atom is -0.818 e. The monoisotopic (exact) mass is 126 g/mol. The van der Waals surface area contributed by atoms with Crippen LogP contribution < -0.4 is 5.11 Å². The summed E-state index contributed by atoms with van der Waals surface area (Å²) in [7, 11) is 0. The van der Waals surface area contributed by atoms with Gasteiger partial charge in [0.1, 0.15) is 0 Å². The molecule has 0 saturated heterocycles. The summed E-state index contributed by atoms with van der Waals surface area (Å²) in [5.74, 6) is 1.03. The molecule has 0 atom stereocenters. The van der Waals surface area contributed by atoms with E-state index in [-0.39, 0.29) is 6.61 Å². The van der Waals surface area contributed by atoms with Crippen molar-refractivity contribution in [1.29, 1.82) is 0 Å². The Bertz CT molecular complexity index is 48.5. The van der Waals surface area contributed by atoms with Gasteiger partial charge in [0.2, 0.25) is 0 Å². The molecule has 0 aromatic heterocycles. The summed E-state index contributed by atoms with van der Waals surface area (Å²) in [6.45, 7) is 7.29. The van der Waals surface area contributed by atoms with Crippen molar-refractivity contribution in [3.8, 4) is 0 Å². The fourth-order valence-electron chi connectivity index (χ4n) is 0.644. The molecule has 52 valence electrons. The highest BCUT2D eigenvalue weighted by Gasteiger charge is 2.06. The summed E-state index contributed by atoms with van der Waals surface area (Å²) in [6, 6.07) is 0. The number of unbranched alkanes of at least 4 members (excludes halogenated alkanes) is 1. The second-order valence-corrected chi connectivity index (χ2v) is 2.10. The molecule has 1 heteroatoms. The highest BCUT2D eigenvalue weighted by atomic mass is 16.3. The van der Waals surface area contributed by atoms with Gasteiger partial charge >= 0.3 is 0 Å². The molecule has 0 heterocycles. The predicted molar refractivity (Wildman–Crippen MR) is 37.3 cm³/mol. The van der Waals surface area contributed by atoms with Crippen LogP contribution in [0.2, 0.25) is 0 Å². The predicted octanol–water partition coefficient (Wildman–Crippen LogP) is 1.15. The third kappa shape index (κ3) is 4.22. The Balaban J connectivity index is 3.09. The molecule has 0 radical (unpaired) electrons. The molecule has 9 heavy (non-hydrogen) atoms. The van der Waals surface area contributed by atoms with Crippen LogP contribution in [0.1, 0.15) is 25.7 Å². The zero-order chi connectivity index (χ0) is 7.11. The maximum absolute atomic E-state index is 10.3. The zero-order valence-electron chi connectivity index (χ0n) is 5.86. The first-order valence-electron chi connectivity index (χ1n) is 3.35. The number of hydrogen-bond acceptors (Lipinski definition) is 1. The van der Waals surface area contributed by atoms with Crippen LogP contribution in [-0.2, 0) is 0 Å². The normalized spacial score (nSPS) is 9.56. The van der Waals surface area contributed by atoms with E-state index >= 15 is 0 Å². The molecule has 0 bridgehead atoms. The van der Waals surface area contributed by atoms with Crippen LogP contribution in [0.25, 0.3) is 0 Å². The Morgan fingerprint density at radius 3 is 2.56 bits per heavy atom. The van der Waals surface area contributed by atoms with Gasteiger partial charge in [0.05, 0.1) is 19.8 Å². The van der Waals surface area contributed by atoms with E-state index in [1.54, 1.807) is 0 Å². The summed E-state index contributed by atoms with van der Waals surface area (Å²) in [5, 5.41) is 10.3. The summed E-state index contributed by atoms with van der Waals surface area (Å²) < 4.78 is 0. The average Bonchev–Trinajstić information content (AvgIpc) is 1.91. The quantitative estimate of drug-likeness (QED) is 0.507. The molecule has 0 aromatic rings. The van der Waals surface area contributed by atoms with Crippen molar-refractivity contribution in [3.63, 3.8) is 0 Å². The number of hydrogen-bond donors (Lipinski definition) is 0. The van der Waals surface area contributed by atoms with E-state index in [4.69, 9.17) is 0 Å². The molecule has 0 aliphatic carbocycles. The Morgan fingerprint density at radius 2 is 2.22 bits per heavy atom. The van der Waals surface area contributed by atoms with Gasteiger partial charge in [-0.15, -0.1) is 0 Å². The third-order valence-electron chi connectivity index (χ3n) is 1.34. The highest BCUT2D eigenvalue weighted by Crippen LogP contribution is 2.11. The van der Waals surface area contributed by atoms with Crippen molar-refractivity contribution in [3.05, 3.63) is 19.8 Å². The minimum absolute atomic E-state index is 0.0521. The Hall–Kier alpha value is -0.300. The van der Waals surface area contributed by atoms with Crippen LogP contribution in [0.5, 0.6) is 0 Å². The second kappa shape index (κ2) is 5.83. The molecule has 0 unspecified atom stereocenters. The van der Waals surface area contributed by atoms with Gasteiger partial charge in [-0.3, -0.25) is 6.92 Å². The molecule has 0 N–H and O–H groups in total. The molecule has 0 fully saturated rings. The van der Waals surface area contributed by atoms with Crippen molar-refractivity contribution < 1.29 is 5.11 Å². The molecule has 0 aliphatic rings. The fraction of sp³-hybridized carbons (Fsp3) is 0.625. The van der Waals surface area contributed by atoms with Gasteiger partial charge in [-0.1, -0.05) is 0 Å². The van der Waals surface area contributed by atoms with Gasteiger partial charge in [0.15, 0.2) is 0 Å². The first-order valence-corrected chi connectivity index (χ1v) is 3.35. The lowest BCUT2D eigenvalue weighted by molar-refractivity contribution is -0.362. The standard InChI is InChI=1S/C8H14O/c1-3-5-6-8(4-2)7-9/h1-7H2. The Morgan fingerprint density at radius 1 is 1.56 bits per heavy atom. The molecule has 0 amide bonds. The maximum Gasteiger partial charge on any atom is 0.0897 e. The Labute approximate surface area is 58.1 Å². The van der Waals surface area contributed by atoms with E-state index in [9.17, 15) is 5.11 Å². The largest absolute Gasteiger partial charge is 0.818 e. The smallest absolute Gasteiger partial charge is 0.0897 e. The summed E-state index contributed by atoms with van der Waals surface area (Å²) in [5.41, 5.74) is 0. The lowest BCUT2D eigenvalue weighted by Crippen LogP contribution is -2.15. The van der Waals surface area contributed by atoms with Crippen molar-refractivity contribution >= 4 is 0 Å². The number of rotatable bonds is 5. The van der Waals surface area contributed by atoms with Crippen LogP contribution >= 0.6 is 0 Å². The van der Waals surface area contributed by atoms with Gasteiger partial charge < -0.3 is 5.11 Å². The van der Waals surface area contributed by atoms with E-state index in [0.717, 1.165) is 25.2 Å². The van der Waals surface area contributed by atoms with Gasteiger partial charge in [0, 0.05) is 18.9 Å². The second-order valence-electron chi connectivity index (χ2n) is 2.10. The van der Waals surface area contributed by atoms with E-state index in [1.165, 1.54) is 0 Å². The first kappa shape index (κ1) is 8.70. The van der Waals surface area contributed by atoms with Crippen molar-refractivity contribution in [2.24, 2.45) is 0 Å². The van der Waals surface area contributed by atoms with Crippen molar-refractivity contribution in [1.82, 2.24) is 0 Å². The molecular formula is C8H14O. The van der Waals surface area contributed by atoms with Crippen LogP contribution in [0.15, 0.2) is 0 Å². The van der Waals surface area contributed by atoms with E-state index < -0.39 is 0 Å². The molecular weight excluding hydrogens is 112 g/mol. The fourth-order valence-corrected chi connectivity index (χ4v) is 0.644. The highest BCUT2D eigenvalue weighted by molar-refractivity contribution is 4.88. The Kier molecular flexibility index (Phi) is 5.64. The SMILES string of the molecule is [CH2+]CCC[C+](C[CH2-])C[O-]. The molecule has 1 nitrogen and oxygen atoms in total. The molecule has 0 saturated carbocycles.